The number of hydrogen-bond donors (Lipinski definition) is 1. The molecule has 0 aliphatic carbocycles. The highest BCUT2D eigenvalue weighted by atomic mass is 16.5. The van der Waals surface area contributed by atoms with E-state index in [0.717, 1.165) is 0 Å². The average Bonchev–Trinajstić information content (AvgIpc) is 2.71. The van der Waals surface area contributed by atoms with Crippen LogP contribution in [0.25, 0.3) is 0 Å². The molecule has 1 aromatic carbocycles. The first-order valence-electron chi connectivity index (χ1n) is 8.58. The number of benzene rings is 1. The number of methoxy groups -OCH3 is 3. The van der Waals surface area contributed by atoms with Crippen LogP contribution in [0.4, 0.5) is 11.4 Å². The third-order valence-corrected chi connectivity index (χ3v) is 4.11. The van der Waals surface area contributed by atoms with Crippen LogP contribution >= 0.6 is 0 Å². The van der Waals surface area contributed by atoms with E-state index in [1.807, 2.05) is 0 Å². The van der Waals surface area contributed by atoms with E-state index in [9.17, 15) is 14.4 Å². The number of nitrogens with zero attached hydrogens (tertiary/aromatic N) is 1. The first kappa shape index (κ1) is 21.2. The molecule has 152 valence electrons. The van der Waals surface area contributed by atoms with Crippen molar-refractivity contribution in [3.8, 4) is 5.75 Å². The van der Waals surface area contributed by atoms with Gasteiger partial charge in [-0.3, -0.25) is 4.79 Å². The summed E-state index contributed by atoms with van der Waals surface area (Å²) >= 11 is 0. The number of amides is 1. The van der Waals surface area contributed by atoms with Crippen LogP contribution < -0.4 is 15.0 Å². The second-order valence-corrected chi connectivity index (χ2v) is 6.24. The lowest BCUT2D eigenvalue weighted by molar-refractivity contribution is -0.140. The number of carbonyl (C=O) groups excluding carboxylic acids is 3. The largest absolute Gasteiger partial charge is 0.497 e. The zero-order valence-corrected chi connectivity index (χ0v) is 16.5. The van der Waals surface area contributed by atoms with Gasteiger partial charge in [0.15, 0.2) is 0 Å². The molecule has 1 aromatic rings. The molecule has 0 aromatic heterocycles. The third kappa shape index (κ3) is 4.42. The molecule has 9 heteroatoms. The van der Waals surface area contributed by atoms with Gasteiger partial charge in [0.1, 0.15) is 18.2 Å². The van der Waals surface area contributed by atoms with Gasteiger partial charge in [-0.15, -0.1) is 0 Å². The maximum atomic E-state index is 12.4. The molecule has 0 bridgehead atoms. The molecular formula is C19H24N2O7. The number of carbonyl (C=O) groups is 3. The Morgan fingerprint density at radius 1 is 1.11 bits per heavy atom. The van der Waals surface area contributed by atoms with E-state index in [2.05, 4.69) is 5.32 Å². The molecule has 0 saturated heterocycles. The van der Waals surface area contributed by atoms with Gasteiger partial charge in [0.05, 0.1) is 44.9 Å². The smallest absolute Gasteiger partial charge is 0.355 e. The molecular weight excluding hydrogens is 368 g/mol. The topological polar surface area (TPSA) is 103 Å². The van der Waals surface area contributed by atoms with Gasteiger partial charge < -0.3 is 29.2 Å². The van der Waals surface area contributed by atoms with Crippen molar-refractivity contribution in [3.63, 3.8) is 0 Å². The van der Waals surface area contributed by atoms with Crippen molar-refractivity contribution < 1.29 is 33.3 Å². The molecule has 1 aliphatic heterocycles. The summed E-state index contributed by atoms with van der Waals surface area (Å²) in [6.07, 6.45) is 0. The van der Waals surface area contributed by atoms with Crippen LogP contribution in [0, 0.1) is 5.92 Å². The molecule has 1 N–H and O–H groups in total. The van der Waals surface area contributed by atoms with Gasteiger partial charge in [-0.2, -0.15) is 0 Å². The van der Waals surface area contributed by atoms with Crippen LogP contribution in [0.1, 0.15) is 13.8 Å². The standard InChI is InChI=1S/C19H24N2O7/c1-11(2)17(22)20-14-8-12(25-3)6-7-15(14)21-10-28-9-13(18(23)26-4)16(21)19(24)27-5/h6-8,11H,9-10H2,1-5H3,(H,20,22). The molecule has 0 saturated carbocycles. The van der Waals surface area contributed by atoms with E-state index in [1.54, 1.807) is 32.0 Å². The van der Waals surface area contributed by atoms with Crippen LogP contribution in [-0.2, 0) is 28.6 Å². The highest BCUT2D eigenvalue weighted by Gasteiger charge is 2.33. The molecule has 1 amide bonds. The summed E-state index contributed by atoms with van der Waals surface area (Å²) in [4.78, 5) is 38.3. The molecule has 1 aliphatic rings. The summed E-state index contributed by atoms with van der Waals surface area (Å²) in [6.45, 7) is 3.39. The second-order valence-electron chi connectivity index (χ2n) is 6.24. The molecule has 2 rings (SSSR count). The Morgan fingerprint density at radius 2 is 1.79 bits per heavy atom. The summed E-state index contributed by atoms with van der Waals surface area (Å²) in [5.74, 6) is -1.40. The summed E-state index contributed by atoms with van der Waals surface area (Å²) in [6, 6.07) is 4.94. The zero-order chi connectivity index (χ0) is 20.8. The fourth-order valence-electron chi connectivity index (χ4n) is 2.59. The quantitative estimate of drug-likeness (QED) is 0.730. The highest BCUT2D eigenvalue weighted by Crippen LogP contribution is 2.35. The Balaban J connectivity index is 2.61. The van der Waals surface area contributed by atoms with E-state index in [0.29, 0.717) is 17.1 Å². The normalized spacial score (nSPS) is 14.0. The van der Waals surface area contributed by atoms with Gasteiger partial charge in [0.2, 0.25) is 5.91 Å². The summed E-state index contributed by atoms with van der Waals surface area (Å²) in [5, 5.41) is 2.81. The van der Waals surface area contributed by atoms with Crippen LogP contribution in [-0.4, -0.2) is 52.5 Å². The molecule has 1 heterocycles. The predicted octanol–water partition coefficient (Wildman–Crippen LogP) is 1.68. The Labute approximate surface area is 163 Å². The Morgan fingerprint density at radius 3 is 2.36 bits per heavy atom. The van der Waals surface area contributed by atoms with Crippen molar-refractivity contribution in [2.45, 2.75) is 13.8 Å². The third-order valence-electron chi connectivity index (χ3n) is 4.11. The molecule has 0 unspecified atom stereocenters. The lowest BCUT2D eigenvalue weighted by atomic mass is 10.1. The number of ether oxygens (including phenoxy) is 4. The molecule has 0 spiro atoms. The van der Waals surface area contributed by atoms with Crippen LogP contribution in [0.15, 0.2) is 29.5 Å². The van der Waals surface area contributed by atoms with Crippen molar-refractivity contribution in [3.05, 3.63) is 29.5 Å². The monoisotopic (exact) mass is 392 g/mol. The van der Waals surface area contributed by atoms with Crippen LogP contribution in [0.3, 0.4) is 0 Å². The summed E-state index contributed by atoms with van der Waals surface area (Å²) in [7, 11) is 3.93. The van der Waals surface area contributed by atoms with Crippen molar-refractivity contribution >= 4 is 29.2 Å². The number of hydrogen-bond acceptors (Lipinski definition) is 8. The number of esters is 2. The SMILES string of the molecule is COC(=O)C1=C(C(=O)OC)N(c2ccc(OC)cc2NC(=O)C(C)C)COC1. The lowest BCUT2D eigenvalue weighted by Gasteiger charge is -2.32. The minimum Gasteiger partial charge on any atom is -0.497 e. The van der Waals surface area contributed by atoms with Gasteiger partial charge in [-0.1, -0.05) is 13.8 Å². The number of anilines is 2. The summed E-state index contributed by atoms with van der Waals surface area (Å²) < 4.78 is 20.3. The number of nitrogens with one attached hydrogen (secondary N) is 1. The number of rotatable bonds is 6. The van der Waals surface area contributed by atoms with E-state index >= 15 is 0 Å². The summed E-state index contributed by atoms with van der Waals surface area (Å²) in [5.41, 5.74) is 0.855. The van der Waals surface area contributed by atoms with Crippen LogP contribution in [0.5, 0.6) is 5.75 Å². The predicted molar refractivity (Wildman–Crippen MR) is 101 cm³/mol. The fraction of sp³-hybridized carbons (Fsp3) is 0.421. The first-order chi connectivity index (χ1) is 13.3. The molecule has 0 fully saturated rings. The minimum atomic E-state index is -0.722. The fourth-order valence-corrected chi connectivity index (χ4v) is 2.59. The maximum Gasteiger partial charge on any atom is 0.355 e. The Kier molecular flexibility index (Phi) is 7.00. The van der Waals surface area contributed by atoms with Gasteiger partial charge in [0.25, 0.3) is 0 Å². The van der Waals surface area contributed by atoms with Gasteiger partial charge in [-0.05, 0) is 12.1 Å². The van der Waals surface area contributed by atoms with Gasteiger partial charge in [0, 0.05) is 12.0 Å². The average molecular weight is 392 g/mol. The van der Waals surface area contributed by atoms with Gasteiger partial charge >= 0.3 is 11.9 Å². The lowest BCUT2D eigenvalue weighted by Crippen LogP contribution is -2.39. The van der Waals surface area contributed by atoms with E-state index in [-0.39, 0.29) is 36.4 Å². The first-order valence-corrected chi connectivity index (χ1v) is 8.58. The molecule has 0 radical (unpaired) electrons. The van der Waals surface area contributed by atoms with Crippen molar-refractivity contribution in [2.75, 3.05) is 44.9 Å². The molecule has 9 nitrogen and oxygen atoms in total. The Bertz CT molecular complexity index is 801. The van der Waals surface area contributed by atoms with E-state index < -0.39 is 11.9 Å². The van der Waals surface area contributed by atoms with Crippen molar-refractivity contribution in [1.29, 1.82) is 0 Å². The zero-order valence-electron chi connectivity index (χ0n) is 16.5. The van der Waals surface area contributed by atoms with E-state index in [4.69, 9.17) is 18.9 Å². The maximum absolute atomic E-state index is 12.4. The molecule has 0 atom stereocenters. The van der Waals surface area contributed by atoms with Gasteiger partial charge in [-0.25, -0.2) is 9.59 Å². The minimum absolute atomic E-state index is 0.00851. The van der Waals surface area contributed by atoms with E-state index in [1.165, 1.54) is 26.2 Å². The van der Waals surface area contributed by atoms with Crippen molar-refractivity contribution in [1.82, 2.24) is 0 Å². The molecule has 28 heavy (non-hydrogen) atoms. The highest BCUT2D eigenvalue weighted by molar-refractivity contribution is 6.05. The second kappa shape index (κ2) is 9.23. The Hall–Kier alpha value is -3.07. The van der Waals surface area contributed by atoms with Crippen molar-refractivity contribution in [2.24, 2.45) is 5.92 Å². The van der Waals surface area contributed by atoms with Crippen LogP contribution in [0.2, 0.25) is 0 Å².